The van der Waals surface area contributed by atoms with Crippen molar-refractivity contribution < 1.29 is 14.6 Å². The molecule has 0 amide bonds. The molecule has 0 bridgehead atoms. The summed E-state index contributed by atoms with van der Waals surface area (Å²) < 4.78 is 10.8. The van der Waals surface area contributed by atoms with Gasteiger partial charge in [-0.1, -0.05) is 25.4 Å². The highest BCUT2D eigenvalue weighted by Crippen LogP contribution is 2.24. The van der Waals surface area contributed by atoms with Crippen LogP contribution in [0.25, 0.3) is 0 Å². The van der Waals surface area contributed by atoms with Crippen LogP contribution in [0.5, 0.6) is 5.75 Å². The van der Waals surface area contributed by atoms with Gasteiger partial charge in [-0.2, -0.15) is 0 Å². The van der Waals surface area contributed by atoms with Gasteiger partial charge in [0.2, 0.25) is 0 Å². The molecular weight excluding hydrogens is 240 g/mol. The monoisotopic (exact) mass is 258 g/mol. The van der Waals surface area contributed by atoms with Gasteiger partial charge in [0.25, 0.3) is 0 Å². The van der Waals surface area contributed by atoms with Crippen molar-refractivity contribution >= 4 is 11.6 Å². The van der Waals surface area contributed by atoms with Crippen molar-refractivity contribution in [2.45, 2.75) is 20.5 Å². The minimum atomic E-state index is -0.230. The molecule has 3 nitrogen and oxygen atoms in total. The molecule has 4 heteroatoms. The maximum absolute atomic E-state index is 9.11. The van der Waals surface area contributed by atoms with Gasteiger partial charge in [-0.05, 0) is 18.2 Å². The smallest absolute Gasteiger partial charge is 0.124 e. The zero-order chi connectivity index (χ0) is 12.9. The lowest BCUT2D eigenvalue weighted by Gasteiger charge is -2.21. The van der Waals surface area contributed by atoms with E-state index in [4.69, 9.17) is 26.2 Å². The lowest BCUT2D eigenvalue weighted by Crippen LogP contribution is -2.23. The molecule has 1 N–H and O–H groups in total. The Kier molecular flexibility index (Phi) is 5.25. The Morgan fingerprint density at radius 3 is 2.65 bits per heavy atom. The second kappa shape index (κ2) is 6.24. The number of aliphatic hydroxyl groups excluding tert-OH is 1. The molecule has 0 aliphatic rings. The number of hydrogen-bond donors (Lipinski definition) is 1. The summed E-state index contributed by atoms with van der Waals surface area (Å²) in [6, 6.07) is 5.42. The van der Waals surface area contributed by atoms with Gasteiger partial charge in [0.15, 0.2) is 0 Å². The average molecular weight is 259 g/mol. The lowest BCUT2D eigenvalue weighted by molar-refractivity contribution is 0.0191. The fourth-order valence-corrected chi connectivity index (χ4v) is 1.54. The molecule has 0 atom stereocenters. The molecule has 1 rings (SSSR count). The third kappa shape index (κ3) is 4.54. The van der Waals surface area contributed by atoms with Crippen molar-refractivity contribution in [3.63, 3.8) is 0 Å². The molecule has 0 spiro atoms. The van der Waals surface area contributed by atoms with Gasteiger partial charge >= 0.3 is 0 Å². The second-order valence-electron chi connectivity index (χ2n) is 4.77. The molecule has 0 fully saturated rings. The van der Waals surface area contributed by atoms with Gasteiger partial charge < -0.3 is 14.6 Å². The normalized spacial score (nSPS) is 11.6. The molecular formula is C13H19ClO3. The first-order chi connectivity index (χ1) is 7.98. The molecule has 0 aromatic heterocycles. The van der Waals surface area contributed by atoms with E-state index in [9.17, 15) is 0 Å². The number of methoxy groups -OCH3 is 1. The van der Waals surface area contributed by atoms with Crippen molar-refractivity contribution in [1.82, 2.24) is 0 Å². The van der Waals surface area contributed by atoms with Crippen LogP contribution in [0, 0.1) is 5.41 Å². The highest BCUT2D eigenvalue weighted by molar-refractivity contribution is 6.30. The Labute approximate surface area is 107 Å². The Morgan fingerprint density at radius 2 is 2.06 bits per heavy atom. The van der Waals surface area contributed by atoms with E-state index < -0.39 is 0 Å². The van der Waals surface area contributed by atoms with Gasteiger partial charge in [0.05, 0.1) is 26.9 Å². The topological polar surface area (TPSA) is 38.7 Å². The van der Waals surface area contributed by atoms with Crippen LogP contribution in [0.15, 0.2) is 18.2 Å². The number of benzene rings is 1. The van der Waals surface area contributed by atoms with Crippen LogP contribution >= 0.6 is 11.6 Å². The number of halogens is 1. The second-order valence-corrected chi connectivity index (χ2v) is 5.21. The fraction of sp³-hybridized carbons (Fsp3) is 0.538. The van der Waals surface area contributed by atoms with Gasteiger partial charge in [-0.3, -0.25) is 0 Å². The maximum Gasteiger partial charge on any atom is 0.124 e. The van der Waals surface area contributed by atoms with Crippen LogP contribution in [0.4, 0.5) is 0 Å². The van der Waals surface area contributed by atoms with E-state index in [0.29, 0.717) is 18.2 Å². The third-order valence-corrected chi connectivity index (χ3v) is 2.66. The van der Waals surface area contributed by atoms with Crippen LogP contribution in [0.2, 0.25) is 5.02 Å². The minimum Gasteiger partial charge on any atom is -0.496 e. The minimum absolute atomic E-state index is 0.0969. The molecule has 0 heterocycles. The van der Waals surface area contributed by atoms with E-state index in [1.165, 1.54) is 0 Å². The van der Waals surface area contributed by atoms with Crippen LogP contribution in [-0.2, 0) is 11.3 Å². The summed E-state index contributed by atoms with van der Waals surface area (Å²) in [4.78, 5) is 0. The number of hydrogen-bond acceptors (Lipinski definition) is 3. The summed E-state index contributed by atoms with van der Waals surface area (Å²) in [7, 11) is 1.62. The number of rotatable bonds is 6. The van der Waals surface area contributed by atoms with Gasteiger partial charge in [-0.25, -0.2) is 0 Å². The van der Waals surface area contributed by atoms with Gasteiger partial charge in [0, 0.05) is 16.0 Å². The maximum atomic E-state index is 9.11. The van der Waals surface area contributed by atoms with Gasteiger partial charge in [-0.15, -0.1) is 0 Å². The predicted molar refractivity (Wildman–Crippen MR) is 68.5 cm³/mol. The highest BCUT2D eigenvalue weighted by Gasteiger charge is 2.17. The van der Waals surface area contributed by atoms with Crippen LogP contribution in [-0.4, -0.2) is 25.4 Å². The average Bonchev–Trinajstić information content (AvgIpc) is 2.29. The van der Waals surface area contributed by atoms with Gasteiger partial charge in [0.1, 0.15) is 5.75 Å². The fourth-order valence-electron chi connectivity index (χ4n) is 1.34. The van der Waals surface area contributed by atoms with E-state index >= 15 is 0 Å². The largest absolute Gasteiger partial charge is 0.496 e. The quantitative estimate of drug-likeness (QED) is 0.853. The predicted octanol–water partition coefficient (Wildman–Crippen LogP) is 2.88. The van der Waals surface area contributed by atoms with E-state index in [-0.39, 0.29) is 12.0 Å². The molecule has 0 radical (unpaired) electrons. The molecule has 0 saturated carbocycles. The first kappa shape index (κ1) is 14.3. The summed E-state index contributed by atoms with van der Waals surface area (Å²) in [6.07, 6.45) is 0. The van der Waals surface area contributed by atoms with Crippen LogP contribution < -0.4 is 4.74 Å². The molecule has 96 valence electrons. The zero-order valence-electron chi connectivity index (χ0n) is 10.5. The number of aliphatic hydroxyl groups is 1. The molecule has 0 unspecified atom stereocenters. The summed E-state index contributed by atoms with van der Waals surface area (Å²) in [5.41, 5.74) is 0.681. The molecule has 1 aromatic rings. The van der Waals surface area contributed by atoms with Crippen molar-refractivity contribution in [2.75, 3.05) is 20.3 Å². The molecule has 0 saturated heterocycles. The van der Waals surface area contributed by atoms with E-state index in [2.05, 4.69) is 0 Å². The van der Waals surface area contributed by atoms with Crippen LogP contribution in [0.1, 0.15) is 19.4 Å². The summed E-state index contributed by atoms with van der Waals surface area (Å²) in [5, 5.41) is 9.77. The van der Waals surface area contributed by atoms with E-state index in [0.717, 1.165) is 11.3 Å². The van der Waals surface area contributed by atoms with E-state index in [1.54, 1.807) is 13.2 Å². The van der Waals surface area contributed by atoms with Crippen LogP contribution in [0.3, 0.4) is 0 Å². The van der Waals surface area contributed by atoms with Crippen molar-refractivity contribution in [3.05, 3.63) is 28.8 Å². The zero-order valence-corrected chi connectivity index (χ0v) is 11.3. The summed E-state index contributed by atoms with van der Waals surface area (Å²) >= 11 is 5.92. The van der Waals surface area contributed by atoms with Crippen molar-refractivity contribution in [1.29, 1.82) is 0 Å². The van der Waals surface area contributed by atoms with E-state index in [1.807, 2.05) is 26.0 Å². The summed E-state index contributed by atoms with van der Waals surface area (Å²) in [6.45, 7) is 4.90. The lowest BCUT2D eigenvalue weighted by atomic mass is 9.97. The highest BCUT2D eigenvalue weighted by atomic mass is 35.5. The number of ether oxygens (including phenoxy) is 2. The Hall–Kier alpha value is -0.770. The Bertz CT molecular complexity index is 364. The Balaban J connectivity index is 2.59. The summed E-state index contributed by atoms with van der Waals surface area (Å²) in [5.74, 6) is 0.760. The Morgan fingerprint density at radius 1 is 1.35 bits per heavy atom. The molecule has 1 aromatic carbocycles. The molecule has 0 aliphatic heterocycles. The SMILES string of the molecule is COc1ccc(Cl)cc1COCC(C)(C)CO. The van der Waals surface area contributed by atoms with Crippen molar-refractivity contribution in [2.24, 2.45) is 5.41 Å². The molecule has 17 heavy (non-hydrogen) atoms. The first-order valence-electron chi connectivity index (χ1n) is 5.49. The standard InChI is InChI=1S/C13H19ClO3/c1-13(2,8-15)9-17-7-10-6-11(14)4-5-12(10)16-3/h4-6,15H,7-9H2,1-3H3. The third-order valence-electron chi connectivity index (χ3n) is 2.42. The molecule has 0 aliphatic carbocycles. The first-order valence-corrected chi connectivity index (χ1v) is 5.87. The van der Waals surface area contributed by atoms with Crippen molar-refractivity contribution in [3.8, 4) is 5.75 Å².